The van der Waals surface area contributed by atoms with Gasteiger partial charge < -0.3 is 18.8 Å². The van der Waals surface area contributed by atoms with Gasteiger partial charge in [-0.25, -0.2) is 9.59 Å². The minimum absolute atomic E-state index is 0.0236. The zero-order chi connectivity index (χ0) is 31.5. The number of ether oxygens (including phenoxy) is 2. The van der Waals surface area contributed by atoms with E-state index < -0.39 is 58.5 Å². The molecule has 0 unspecified atom stereocenters. The summed E-state index contributed by atoms with van der Waals surface area (Å²) >= 11 is 0. The number of rotatable bonds is 5. The molecule has 0 atom stereocenters. The summed E-state index contributed by atoms with van der Waals surface area (Å²) in [6.45, 7) is 21.0. The summed E-state index contributed by atoms with van der Waals surface area (Å²) in [6.07, 6.45) is -0.437. The predicted molar refractivity (Wildman–Crippen MR) is 153 cm³/mol. The molecule has 0 saturated heterocycles. The highest BCUT2D eigenvalue weighted by atomic mass is 16.6. The summed E-state index contributed by atoms with van der Waals surface area (Å²) in [7, 11) is 0. The molecule has 0 N–H and O–H groups in total. The summed E-state index contributed by atoms with van der Waals surface area (Å²) in [5, 5.41) is 0. The third-order valence-electron chi connectivity index (χ3n) is 6.29. The Morgan fingerprint density at radius 3 is 1.90 bits per heavy atom. The van der Waals surface area contributed by atoms with Gasteiger partial charge in [0.05, 0.1) is 16.6 Å². The molecule has 0 aliphatic carbocycles. The largest absolute Gasteiger partial charge is 0.459 e. The second kappa shape index (κ2) is 10.3. The molecule has 41 heavy (non-hydrogen) atoms. The second-order valence-corrected chi connectivity index (χ2v) is 14.3. The zero-order valence-corrected chi connectivity index (χ0v) is 26.3. The number of aromatic nitrogens is 1. The van der Waals surface area contributed by atoms with Gasteiger partial charge >= 0.3 is 17.8 Å². The molecule has 1 aromatic heterocycles. The van der Waals surface area contributed by atoms with Crippen molar-refractivity contribution in [3.8, 4) is 0 Å². The van der Waals surface area contributed by atoms with Crippen LogP contribution in [0.4, 0.5) is 4.79 Å². The average molecular weight is 574 g/mol. The van der Waals surface area contributed by atoms with Crippen molar-refractivity contribution in [3.63, 3.8) is 0 Å². The Bertz CT molecular complexity index is 1450. The van der Waals surface area contributed by atoms with E-state index in [0.717, 1.165) is 4.90 Å². The maximum absolute atomic E-state index is 13.8. The van der Waals surface area contributed by atoms with Crippen LogP contribution in [0.25, 0.3) is 11.1 Å². The SMILES string of the molecule is CC(C)(C)OC(=O)CN1C(=O)c2cc3oc(=O)n(C(C)(C)C)c3c(CCN(C(=O)OC(C)(C)C)C(C)(C)C)c2C1=O. The Balaban J connectivity index is 2.18. The summed E-state index contributed by atoms with van der Waals surface area (Å²) in [6, 6.07) is 1.38. The van der Waals surface area contributed by atoms with Gasteiger partial charge in [-0.1, -0.05) is 0 Å². The number of oxazole rings is 1. The van der Waals surface area contributed by atoms with Crippen LogP contribution in [-0.4, -0.2) is 68.1 Å². The standard InChI is InChI=1S/C30H43N3O8/c1-27(2,3)32(25(37)41-30(10,11)12)14-13-17-21-18(15-19-22(17)33(26(38)39-19)28(4,5)6)23(35)31(24(21)36)16-20(34)40-29(7,8)9/h15H,13-14,16H2,1-12H3. The lowest BCUT2D eigenvalue weighted by Crippen LogP contribution is -2.48. The first-order chi connectivity index (χ1) is 18.4. The van der Waals surface area contributed by atoms with Gasteiger partial charge in [0, 0.05) is 17.6 Å². The van der Waals surface area contributed by atoms with E-state index in [0.29, 0.717) is 11.1 Å². The van der Waals surface area contributed by atoms with E-state index in [2.05, 4.69) is 0 Å². The van der Waals surface area contributed by atoms with E-state index in [1.54, 1.807) is 46.4 Å². The zero-order valence-electron chi connectivity index (χ0n) is 26.3. The molecule has 1 aromatic carbocycles. The first-order valence-electron chi connectivity index (χ1n) is 13.7. The van der Waals surface area contributed by atoms with Crippen LogP contribution in [0.2, 0.25) is 0 Å². The summed E-state index contributed by atoms with van der Waals surface area (Å²) in [5.41, 5.74) is -1.95. The van der Waals surface area contributed by atoms with Crippen molar-refractivity contribution >= 4 is 35.0 Å². The number of hydrogen-bond donors (Lipinski definition) is 0. The Hall–Kier alpha value is -3.63. The highest BCUT2D eigenvalue weighted by Crippen LogP contribution is 2.35. The topological polar surface area (TPSA) is 128 Å². The van der Waals surface area contributed by atoms with Gasteiger partial charge in [-0.05, 0) is 101 Å². The van der Waals surface area contributed by atoms with Crippen LogP contribution in [0.1, 0.15) is 109 Å². The number of fused-ring (bicyclic) bond motifs is 2. The Morgan fingerprint density at radius 1 is 0.854 bits per heavy atom. The number of benzene rings is 1. The van der Waals surface area contributed by atoms with Gasteiger partial charge in [0.2, 0.25) is 0 Å². The third-order valence-corrected chi connectivity index (χ3v) is 6.29. The molecule has 2 aromatic rings. The van der Waals surface area contributed by atoms with Crippen LogP contribution in [-0.2, 0) is 26.2 Å². The number of imide groups is 1. The predicted octanol–water partition coefficient (Wildman–Crippen LogP) is 4.87. The van der Waals surface area contributed by atoms with Gasteiger partial charge in [0.15, 0.2) is 5.58 Å². The van der Waals surface area contributed by atoms with E-state index in [1.807, 2.05) is 41.5 Å². The lowest BCUT2D eigenvalue weighted by atomic mass is 9.96. The normalized spacial score (nSPS) is 14.5. The van der Waals surface area contributed by atoms with Crippen molar-refractivity contribution in [2.24, 2.45) is 0 Å². The Kier molecular flexibility index (Phi) is 8.03. The van der Waals surface area contributed by atoms with Crippen molar-refractivity contribution in [1.82, 2.24) is 14.4 Å². The van der Waals surface area contributed by atoms with Crippen LogP contribution in [0.15, 0.2) is 15.3 Å². The number of nitrogens with zero attached hydrogens (tertiary/aromatic N) is 3. The van der Waals surface area contributed by atoms with Crippen LogP contribution < -0.4 is 5.76 Å². The number of amides is 3. The molecule has 11 nitrogen and oxygen atoms in total. The molecule has 11 heteroatoms. The van der Waals surface area contributed by atoms with E-state index >= 15 is 0 Å². The van der Waals surface area contributed by atoms with E-state index in [4.69, 9.17) is 13.9 Å². The molecular weight excluding hydrogens is 530 g/mol. The van der Waals surface area contributed by atoms with Gasteiger partial charge in [-0.3, -0.25) is 23.9 Å². The van der Waals surface area contributed by atoms with E-state index in [9.17, 15) is 24.0 Å². The highest BCUT2D eigenvalue weighted by molar-refractivity contribution is 6.24. The summed E-state index contributed by atoms with van der Waals surface area (Å²) in [5.74, 6) is -2.73. The van der Waals surface area contributed by atoms with Crippen molar-refractivity contribution in [3.05, 3.63) is 33.3 Å². The number of hydrogen-bond acceptors (Lipinski definition) is 8. The number of carbonyl (C=O) groups is 4. The van der Waals surface area contributed by atoms with Crippen LogP contribution in [0.3, 0.4) is 0 Å². The van der Waals surface area contributed by atoms with Crippen molar-refractivity contribution < 1.29 is 33.1 Å². The van der Waals surface area contributed by atoms with Crippen molar-refractivity contribution in [2.75, 3.05) is 13.1 Å². The monoisotopic (exact) mass is 573 g/mol. The van der Waals surface area contributed by atoms with Gasteiger partial charge in [0.1, 0.15) is 17.7 Å². The molecule has 3 rings (SSSR count). The fourth-order valence-corrected chi connectivity index (χ4v) is 4.78. The quantitative estimate of drug-likeness (QED) is 0.366. The summed E-state index contributed by atoms with van der Waals surface area (Å²) < 4.78 is 18.0. The highest BCUT2D eigenvalue weighted by Gasteiger charge is 2.42. The summed E-state index contributed by atoms with van der Waals surface area (Å²) in [4.78, 5) is 68.4. The molecule has 2 heterocycles. The molecule has 0 saturated carbocycles. The van der Waals surface area contributed by atoms with Crippen LogP contribution in [0.5, 0.6) is 0 Å². The Morgan fingerprint density at radius 2 is 1.41 bits per heavy atom. The smallest absolute Gasteiger partial charge is 0.420 e. The second-order valence-electron chi connectivity index (χ2n) is 14.3. The fraction of sp³-hybridized carbons (Fsp3) is 0.633. The maximum atomic E-state index is 13.8. The van der Waals surface area contributed by atoms with Gasteiger partial charge in [-0.15, -0.1) is 0 Å². The molecule has 0 fully saturated rings. The molecule has 0 bridgehead atoms. The van der Waals surface area contributed by atoms with E-state index in [-0.39, 0.29) is 29.7 Å². The molecular formula is C30H43N3O8. The van der Waals surface area contributed by atoms with Crippen molar-refractivity contribution in [2.45, 2.75) is 112 Å². The average Bonchev–Trinajstić information content (AvgIpc) is 3.18. The van der Waals surface area contributed by atoms with Crippen molar-refractivity contribution in [1.29, 1.82) is 0 Å². The third kappa shape index (κ3) is 6.82. The van der Waals surface area contributed by atoms with Gasteiger partial charge in [-0.2, -0.15) is 0 Å². The minimum atomic E-state index is -0.804. The molecule has 3 amide bonds. The lowest BCUT2D eigenvalue weighted by molar-refractivity contribution is -0.155. The molecule has 0 spiro atoms. The van der Waals surface area contributed by atoms with Gasteiger partial charge in [0.25, 0.3) is 11.8 Å². The number of esters is 1. The lowest BCUT2D eigenvalue weighted by Gasteiger charge is -2.37. The maximum Gasteiger partial charge on any atom is 0.420 e. The first-order valence-corrected chi connectivity index (χ1v) is 13.7. The van der Waals surface area contributed by atoms with Crippen LogP contribution in [0, 0.1) is 0 Å². The molecule has 1 aliphatic heterocycles. The molecule has 1 aliphatic rings. The fourth-order valence-electron chi connectivity index (χ4n) is 4.78. The molecule has 0 radical (unpaired) electrons. The Labute approximate surface area is 240 Å². The van der Waals surface area contributed by atoms with E-state index in [1.165, 1.54) is 10.6 Å². The number of carbonyl (C=O) groups excluding carboxylic acids is 4. The van der Waals surface area contributed by atoms with Crippen LogP contribution >= 0.6 is 0 Å². The minimum Gasteiger partial charge on any atom is -0.459 e. The first kappa shape index (κ1) is 31.9. The molecule has 226 valence electrons.